The molecular weight excluding hydrogens is 997 g/mol. The van der Waals surface area contributed by atoms with Gasteiger partial charge in [-0.15, -0.1) is 0 Å². The van der Waals surface area contributed by atoms with Gasteiger partial charge in [-0.1, -0.05) is 97.2 Å². The van der Waals surface area contributed by atoms with Gasteiger partial charge in [-0.05, 0) is 151 Å². The van der Waals surface area contributed by atoms with Crippen LogP contribution in [0.4, 0.5) is 0 Å². The van der Waals surface area contributed by atoms with Gasteiger partial charge in [0.1, 0.15) is 56.9 Å². The Morgan fingerprint density at radius 2 is 0.603 bits per heavy atom. The van der Waals surface area contributed by atoms with Crippen molar-refractivity contribution in [1.29, 1.82) is 0 Å². The van der Waals surface area contributed by atoms with Crippen molar-refractivity contribution in [1.82, 2.24) is 0 Å². The molecule has 3 aromatic rings. The normalized spacial score (nSPS) is 11.4. The van der Waals surface area contributed by atoms with Crippen molar-refractivity contribution in [3.8, 4) is 17.2 Å². The zero-order chi connectivity index (χ0) is 58.2. The van der Waals surface area contributed by atoms with Crippen LogP contribution in [0, 0.1) is 16.2 Å². The largest absolute Gasteiger partial charge is 0.494 e. The van der Waals surface area contributed by atoms with Crippen molar-refractivity contribution in [2.45, 2.75) is 141 Å². The molecule has 0 heterocycles. The number of unbranched alkanes of at least 4 members (excludes halogenated alkanes) is 3. The fourth-order valence-corrected chi connectivity index (χ4v) is 5.61. The van der Waals surface area contributed by atoms with Gasteiger partial charge >= 0.3 is 35.8 Å². The van der Waals surface area contributed by atoms with Crippen molar-refractivity contribution < 1.29 is 71.4 Å². The molecule has 0 amide bonds. The predicted octanol–water partition coefficient (Wildman–Crippen LogP) is 13.2. The molecule has 432 valence electrons. The first-order valence-corrected chi connectivity index (χ1v) is 27.4. The Hall–Kier alpha value is -6.90. The second-order valence-corrected chi connectivity index (χ2v) is 19.9. The molecule has 0 aliphatic heterocycles. The molecule has 0 aromatic heterocycles. The lowest BCUT2D eigenvalue weighted by Gasteiger charge is -2.20. The van der Waals surface area contributed by atoms with Crippen LogP contribution in [-0.4, -0.2) is 95.3 Å². The summed E-state index contributed by atoms with van der Waals surface area (Å²) in [6.07, 6.45) is 17.6. The van der Waals surface area contributed by atoms with E-state index in [1.165, 1.54) is 31.1 Å². The van der Waals surface area contributed by atoms with Crippen LogP contribution in [0.1, 0.15) is 158 Å². The molecule has 78 heavy (non-hydrogen) atoms. The molecule has 0 unspecified atom stereocenters. The lowest BCUT2D eigenvalue weighted by Crippen LogP contribution is -2.27. The molecule has 3 aromatic carbocycles. The van der Waals surface area contributed by atoms with Crippen LogP contribution in [0.15, 0.2) is 91.0 Å². The van der Waals surface area contributed by atoms with E-state index in [-0.39, 0.29) is 57.5 Å². The number of hydrogen-bond acceptors (Lipinski definition) is 15. The minimum absolute atomic E-state index is 0.0402. The van der Waals surface area contributed by atoms with E-state index in [0.29, 0.717) is 32.5 Å². The van der Waals surface area contributed by atoms with Crippen molar-refractivity contribution in [2.75, 3.05) is 59.5 Å². The summed E-state index contributed by atoms with van der Waals surface area (Å²) in [4.78, 5) is 70.4. The summed E-state index contributed by atoms with van der Waals surface area (Å²) < 4.78 is 47.1. The topological polar surface area (TPSA) is 185 Å². The summed E-state index contributed by atoms with van der Waals surface area (Å²) in [5, 5.41) is 0. The third kappa shape index (κ3) is 31.4. The lowest BCUT2D eigenvalue weighted by atomic mass is 9.91. The van der Waals surface area contributed by atoms with E-state index in [0.717, 1.165) is 66.2 Å². The predicted molar refractivity (Wildman–Crippen MR) is 306 cm³/mol. The molecule has 0 radical (unpaired) electrons. The van der Waals surface area contributed by atoms with Gasteiger partial charge in [0.15, 0.2) is 0 Å². The SMILES string of the molecule is CCCCCOc1ccc(/C=C/C(=O)OCCOC(=O)C(C)(C)CC)cc1.CCCCOc1ccc(/C=C/C(=O)OCCOC(=O)C(C)(C)CC)cc1.CCCOc1ccc(/C=C/C(=O)OCCOC(=O)C(C)(C)CC)cc1. The highest BCUT2D eigenvalue weighted by molar-refractivity contribution is 5.88. The van der Waals surface area contributed by atoms with Crippen LogP contribution in [0.25, 0.3) is 18.2 Å². The van der Waals surface area contributed by atoms with Gasteiger partial charge in [-0.25, -0.2) is 14.4 Å². The fraction of sp³-hybridized carbons (Fsp3) is 0.524. The monoisotopic (exact) mass is 1090 g/mol. The summed E-state index contributed by atoms with van der Waals surface area (Å²) in [6, 6.07) is 22.5. The maximum atomic E-state index is 11.8. The number of benzene rings is 3. The highest BCUT2D eigenvalue weighted by Gasteiger charge is 2.28. The lowest BCUT2D eigenvalue weighted by molar-refractivity contribution is -0.158. The van der Waals surface area contributed by atoms with Crippen LogP contribution in [0.5, 0.6) is 17.2 Å². The number of rotatable bonds is 33. The van der Waals surface area contributed by atoms with Crippen molar-refractivity contribution in [3.05, 3.63) is 108 Å². The van der Waals surface area contributed by atoms with Gasteiger partial charge in [0.25, 0.3) is 0 Å². The van der Waals surface area contributed by atoms with E-state index in [1.807, 2.05) is 142 Å². The van der Waals surface area contributed by atoms with Crippen molar-refractivity contribution in [2.24, 2.45) is 16.2 Å². The number of esters is 6. The van der Waals surface area contributed by atoms with Crippen LogP contribution >= 0.6 is 0 Å². The maximum absolute atomic E-state index is 11.8. The smallest absolute Gasteiger partial charge is 0.330 e. The van der Waals surface area contributed by atoms with Gasteiger partial charge in [0.05, 0.1) is 36.1 Å². The molecule has 0 saturated carbocycles. The Morgan fingerprint density at radius 3 is 0.872 bits per heavy atom. The maximum Gasteiger partial charge on any atom is 0.330 e. The Labute approximate surface area is 465 Å². The average Bonchev–Trinajstić information content (AvgIpc) is 3.44. The molecule has 15 nitrogen and oxygen atoms in total. The van der Waals surface area contributed by atoms with Gasteiger partial charge in [-0.3, -0.25) is 14.4 Å². The molecule has 0 fully saturated rings. The van der Waals surface area contributed by atoms with Crippen LogP contribution in [0.2, 0.25) is 0 Å². The van der Waals surface area contributed by atoms with Crippen molar-refractivity contribution >= 4 is 54.0 Å². The van der Waals surface area contributed by atoms with Crippen molar-refractivity contribution in [3.63, 3.8) is 0 Å². The fourth-order valence-electron chi connectivity index (χ4n) is 5.61. The molecule has 3 rings (SSSR count). The number of hydrogen-bond donors (Lipinski definition) is 0. The Morgan fingerprint density at radius 1 is 0.333 bits per heavy atom. The zero-order valence-electron chi connectivity index (χ0n) is 48.7. The molecular formula is C63H90O15. The zero-order valence-corrected chi connectivity index (χ0v) is 48.7. The molecule has 0 aliphatic carbocycles. The van der Waals surface area contributed by atoms with Gasteiger partial charge in [0, 0.05) is 18.2 Å². The van der Waals surface area contributed by atoms with E-state index >= 15 is 0 Å². The number of carbonyl (C=O) groups excluding carboxylic acids is 6. The Kier molecular flexibility index (Phi) is 35.0. The van der Waals surface area contributed by atoms with E-state index in [2.05, 4.69) is 13.8 Å². The summed E-state index contributed by atoms with van der Waals surface area (Å²) in [5.41, 5.74) is 1.07. The molecule has 0 spiro atoms. The second-order valence-electron chi connectivity index (χ2n) is 19.9. The second kappa shape index (κ2) is 39.5. The molecule has 0 N–H and O–H groups in total. The molecule has 0 aliphatic rings. The van der Waals surface area contributed by atoms with Gasteiger partial charge < -0.3 is 42.6 Å². The van der Waals surface area contributed by atoms with E-state index in [9.17, 15) is 28.8 Å². The molecule has 0 saturated heterocycles. The molecule has 0 bridgehead atoms. The first-order chi connectivity index (χ1) is 37.2. The first kappa shape index (κ1) is 69.1. The van der Waals surface area contributed by atoms with Crippen LogP contribution in [0.3, 0.4) is 0 Å². The van der Waals surface area contributed by atoms with E-state index in [1.54, 1.807) is 18.2 Å². The summed E-state index contributed by atoms with van der Waals surface area (Å²) >= 11 is 0. The van der Waals surface area contributed by atoms with E-state index < -0.39 is 34.2 Å². The Balaban J connectivity index is 0.000000585. The highest BCUT2D eigenvalue weighted by atomic mass is 16.6. The summed E-state index contributed by atoms with van der Waals surface area (Å²) in [7, 11) is 0. The third-order valence-electron chi connectivity index (χ3n) is 12.1. The van der Waals surface area contributed by atoms with Gasteiger partial charge in [0.2, 0.25) is 0 Å². The molecule has 15 heteroatoms. The number of carbonyl (C=O) groups is 6. The minimum Gasteiger partial charge on any atom is -0.494 e. The minimum atomic E-state index is -0.518. The van der Waals surface area contributed by atoms with Gasteiger partial charge in [-0.2, -0.15) is 0 Å². The van der Waals surface area contributed by atoms with Crippen LogP contribution in [-0.2, 0) is 57.2 Å². The highest BCUT2D eigenvalue weighted by Crippen LogP contribution is 2.23. The number of ether oxygens (including phenoxy) is 9. The Bertz CT molecular complexity index is 2270. The molecule has 0 atom stereocenters. The third-order valence-corrected chi connectivity index (χ3v) is 12.1. The first-order valence-electron chi connectivity index (χ1n) is 27.4. The standard InChI is InChI=1S/C22H32O5.C21H30O5.C20H28O5/c1-5-7-8-15-25-19-12-9-18(10-13-19)11-14-20(23)26-16-17-27-21(24)22(3,4)6-2;1-5-7-14-24-18-11-8-17(9-12-18)10-13-19(22)25-15-16-26-20(23)21(3,4)6-2;1-5-13-23-17-10-7-16(8-11-17)9-12-18(21)24-14-15-25-19(22)20(3,4)6-2/h9-14H,5-8,15-17H2,1-4H3;8-13H,5-7,14-16H2,1-4H3;7-12H,5-6,13-15H2,1-4H3/b14-11+;13-10+;12-9+. The average molecular weight is 1090 g/mol. The summed E-state index contributed by atoms with van der Waals surface area (Å²) in [5.74, 6) is 0.168. The van der Waals surface area contributed by atoms with E-state index in [4.69, 9.17) is 42.6 Å². The quantitative estimate of drug-likeness (QED) is 0.0242. The van der Waals surface area contributed by atoms with Crippen LogP contribution < -0.4 is 14.2 Å². The summed E-state index contributed by atoms with van der Waals surface area (Å²) in [6.45, 7) is 25.5.